The second-order valence-electron chi connectivity index (χ2n) is 6.12. The predicted octanol–water partition coefficient (Wildman–Crippen LogP) is 3.25. The number of aliphatic carboxylic acids is 1. The Hall–Kier alpha value is -2.76. The molecule has 1 aromatic heterocycles. The number of amides is 1. The number of carboxylic acids is 1. The molecule has 1 saturated heterocycles. The smallest absolute Gasteiger partial charge is 0.308 e. The molecule has 2 aromatic rings. The third-order valence-corrected chi connectivity index (χ3v) is 4.05. The van der Waals surface area contributed by atoms with Crippen LogP contribution in [0.25, 0.3) is 0 Å². The van der Waals surface area contributed by atoms with E-state index in [0.29, 0.717) is 18.7 Å². The first-order valence-corrected chi connectivity index (χ1v) is 7.87. The van der Waals surface area contributed by atoms with Crippen molar-refractivity contribution in [2.45, 2.75) is 13.3 Å². The second kappa shape index (κ2) is 6.78. The van der Waals surface area contributed by atoms with Crippen molar-refractivity contribution < 1.29 is 23.8 Å². The normalized spacial score (nSPS) is 20.6. The molecule has 0 radical (unpaired) electrons. The highest BCUT2D eigenvalue weighted by Gasteiger charge is 2.33. The van der Waals surface area contributed by atoms with Crippen LogP contribution in [-0.2, 0) is 4.79 Å². The van der Waals surface area contributed by atoms with Crippen LogP contribution in [0.1, 0.15) is 23.9 Å². The van der Waals surface area contributed by atoms with Crippen LogP contribution in [0, 0.1) is 11.8 Å². The Morgan fingerprint density at radius 1 is 1.17 bits per heavy atom. The zero-order chi connectivity index (χ0) is 17.1. The molecule has 3 rings (SSSR count). The van der Waals surface area contributed by atoms with Crippen LogP contribution in [0.2, 0.25) is 0 Å². The van der Waals surface area contributed by atoms with Gasteiger partial charge in [0.2, 0.25) is 0 Å². The van der Waals surface area contributed by atoms with Gasteiger partial charge in [-0.05, 0) is 30.5 Å². The summed E-state index contributed by atoms with van der Waals surface area (Å²) in [5, 5.41) is 9.21. The van der Waals surface area contributed by atoms with Gasteiger partial charge in [-0.3, -0.25) is 9.59 Å². The van der Waals surface area contributed by atoms with Crippen molar-refractivity contribution >= 4 is 11.9 Å². The summed E-state index contributed by atoms with van der Waals surface area (Å²) in [5.41, 5.74) is 0. The number of benzene rings is 1. The topological polar surface area (TPSA) is 80.0 Å². The molecule has 1 fully saturated rings. The van der Waals surface area contributed by atoms with Gasteiger partial charge in [-0.25, -0.2) is 0 Å². The Morgan fingerprint density at radius 3 is 2.62 bits per heavy atom. The van der Waals surface area contributed by atoms with E-state index in [-0.39, 0.29) is 30.1 Å². The average molecular weight is 329 g/mol. The molecule has 1 aliphatic heterocycles. The largest absolute Gasteiger partial charge is 0.481 e. The van der Waals surface area contributed by atoms with Crippen molar-refractivity contribution in [2.24, 2.45) is 11.8 Å². The Morgan fingerprint density at radius 2 is 1.92 bits per heavy atom. The van der Waals surface area contributed by atoms with E-state index in [9.17, 15) is 14.7 Å². The molecule has 2 atom stereocenters. The summed E-state index contributed by atoms with van der Waals surface area (Å²) in [6, 6.07) is 12.3. The molecule has 6 heteroatoms. The maximum absolute atomic E-state index is 12.6. The minimum absolute atomic E-state index is 0.138. The van der Waals surface area contributed by atoms with Crippen molar-refractivity contribution in [1.29, 1.82) is 0 Å². The third-order valence-electron chi connectivity index (χ3n) is 4.05. The first-order valence-electron chi connectivity index (χ1n) is 7.87. The van der Waals surface area contributed by atoms with Gasteiger partial charge in [0.15, 0.2) is 5.76 Å². The number of hydrogen-bond acceptors (Lipinski definition) is 4. The van der Waals surface area contributed by atoms with Crippen LogP contribution in [0.3, 0.4) is 0 Å². The monoisotopic (exact) mass is 329 g/mol. The summed E-state index contributed by atoms with van der Waals surface area (Å²) >= 11 is 0. The second-order valence-corrected chi connectivity index (χ2v) is 6.12. The van der Waals surface area contributed by atoms with Crippen molar-refractivity contribution in [1.82, 2.24) is 4.90 Å². The number of likely N-dealkylation sites (tertiary alicyclic amines) is 1. The number of piperidine rings is 1. The zero-order valence-electron chi connectivity index (χ0n) is 13.3. The zero-order valence-corrected chi connectivity index (χ0v) is 13.3. The summed E-state index contributed by atoms with van der Waals surface area (Å²) in [5.74, 6) is -0.582. The summed E-state index contributed by atoms with van der Waals surface area (Å²) < 4.78 is 11.0. The molecule has 0 saturated carbocycles. The quantitative estimate of drug-likeness (QED) is 0.931. The lowest BCUT2D eigenvalue weighted by atomic mass is 9.90. The fraction of sp³-hybridized carbons (Fsp3) is 0.333. The van der Waals surface area contributed by atoms with Crippen molar-refractivity contribution in [3.8, 4) is 11.7 Å². The lowest BCUT2D eigenvalue weighted by molar-refractivity contribution is -0.143. The molecule has 1 N–H and O–H groups in total. The fourth-order valence-corrected chi connectivity index (χ4v) is 2.95. The van der Waals surface area contributed by atoms with Gasteiger partial charge in [-0.2, -0.15) is 0 Å². The Labute approximate surface area is 139 Å². The maximum Gasteiger partial charge on any atom is 0.308 e. The fourth-order valence-electron chi connectivity index (χ4n) is 2.95. The molecule has 2 heterocycles. The Balaban J connectivity index is 1.70. The molecular formula is C18H19NO5. The van der Waals surface area contributed by atoms with E-state index in [4.69, 9.17) is 9.15 Å². The molecule has 1 aromatic carbocycles. The highest BCUT2D eigenvalue weighted by Crippen LogP contribution is 2.27. The molecule has 1 aliphatic rings. The third kappa shape index (κ3) is 3.59. The highest BCUT2D eigenvalue weighted by atomic mass is 16.6. The van der Waals surface area contributed by atoms with Gasteiger partial charge in [-0.15, -0.1) is 0 Å². The first-order chi connectivity index (χ1) is 11.5. The average Bonchev–Trinajstić information content (AvgIpc) is 3.03. The van der Waals surface area contributed by atoms with E-state index in [1.165, 1.54) is 4.90 Å². The minimum Gasteiger partial charge on any atom is -0.481 e. The number of carbonyl (C=O) groups excluding carboxylic acids is 1. The minimum atomic E-state index is -0.869. The van der Waals surface area contributed by atoms with Gasteiger partial charge in [-0.1, -0.05) is 25.1 Å². The molecular weight excluding hydrogens is 310 g/mol. The molecule has 1 amide bonds. The van der Waals surface area contributed by atoms with Crippen LogP contribution >= 0.6 is 0 Å². The Bertz CT molecular complexity index is 724. The number of nitrogens with zero attached hydrogens (tertiary/aromatic N) is 1. The van der Waals surface area contributed by atoms with Crippen LogP contribution in [-0.4, -0.2) is 35.0 Å². The van der Waals surface area contributed by atoms with E-state index in [1.807, 2.05) is 25.1 Å². The molecule has 0 spiro atoms. The Kier molecular flexibility index (Phi) is 4.55. The summed E-state index contributed by atoms with van der Waals surface area (Å²) in [4.78, 5) is 25.3. The van der Waals surface area contributed by atoms with E-state index in [2.05, 4.69) is 0 Å². The maximum atomic E-state index is 12.6. The first kappa shape index (κ1) is 16.1. The van der Waals surface area contributed by atoms with E-state index >= 15 is 0 Å². The van der Waals surface area contributed by atoms with Crippen LogP contribution in [0.5, 0.6) is 11.7 Å². The number of para-hydroxylation sites is 1. The van der Waals surface area contributed by atoms with Crippen molar-refractivity contribution in [2.75, 3.05) is 13.1 Å². The van der Waals surface area contributed by atoms with Gasteiger partial charge < -0.3 is 19.2 Å². The number of carbonyl (C=O) groups is 2. The summed E-state index contributed by atoms with van der Waals surface area (Å²) in [7, 11) is 0. The molecule has 126 valence electrons. The number of rotatable bonds is 4. The molecule has 24 heavy (non-hydrogen) atoms. The molecule has 0 bridgehead atoms. The number of hydrogen-bond donors (Lipinski definition) is 1. The summed E-state index contributed by atoms with van der Waals surface area (Å²) in [6.07, 6.45) is 0.583. The van der Waals surface area contributed by atoms with Crippen LogP contribution in [0.4, 0.5) is 0 Å². The van der Waals surface area contributed by atoms with E-state index < -0.39 is 11.9 Å². The summed E-state index contributed by atoms with van der Waals surface area (Å²) in [6.45, 7) is 2.67. The lowest BCUT2D eigenvalue weighted by Crippen LogP contribution is -2.45. The SMILES string of the molecule is CC1CC(C(=O)O)CN(C(=O)c2ccc(Oc3ccccc3)o2)C1. The van der Waals surface area contributed by atoms with Gasteiger partial charge in [0.05, 0.1) is 5.92 Å². The lowest BCUT2D eigenvalue weighted by Gasteiger charge is -2.34. The number of furan rings is 1. The van der Waals surface area contributed by atoms with E-state index in [1.54, 1.807) is 24.3 Å². The van der Waals surface area contributed by atoms with Crippen molar-refractivity contribution in [3.63, 3.8) is 0 Å². The van der Waals surface area contributed by atoms with Gasteiger partial charge in [0.1, 0.15) is 5.75 Å². The number of carboxylic acid groups (broad SMARTS) is 1. The molecule has 6 nitrogen and oxygen atoms in total. The highest BCUT2D eigenvalue weighted by molar-refractivity contribution is 5.92. The van der Waals surface area contributed by atoms with Gasteiger partial charge >= 0.3 is 5.97 Å². The van der Waals surface area contributed by atoms with Gasteiger partial charge in [0.25, 0.3) is 11.9 Å². The van der Waals surface area contributed by atoms with Crippen LogP contribution in [0.15, 0.2) is 46.9 Å². The predicted molar refractivity (Wildman–Crippen MR) is 86.0 cm³/mol. The molecule has 2 unspecified atom stereocenters. The van der Waals surface area contributed by atoms with Crippen LogP contribution < -0.4 is 4.74 Å². The standard InChI is InChI=1S/C18H19NO5/c1-12-9-13(18(21)22)11-19(10-12)17(20)15-7-8-16(24-15)23-14-5-3-2-4-6-14/h2-8,12-13H,9-11H2,1H3,(H,21,22). The number of ether oxygens (including phenoxy) is 1. The van der Waals surface area contributed by atoms with Crippen molar-refractivity contribution in [3.05, 3.63) is 48.2 Å². The van der Waals surface area contributed by atoms with Gasteiger partial charge in [0, 0.05) is 19.2 Å². The molecule has 0 aliphatic carbocycles. The van der Waals surface area contributed by atoms with E-state index in [0.717, 1.165) is 0 Å².